The monoisotopic (exact) mass is 354 g/mol. The highest BCUT2D eigenvalue weighted by Gasteiger charge is 2.54. The van der Waals surface area contributed by atoms with Crippen molar-refractivity contribution >= 4 is 5.91 Å². The Morgan fingerprint density at radius 1 is 1.35 bits per heavy atom. The zero-order valence-corrected chi connectivity index (χ0v) is 16.1. The molecule has 0 unspecified atom stereocenters. The molecule has 0 fully saturated rings. The molecule has 5 nitrogen and oxygen atoms in total. The molecule has 4 rings (SSSR count). The van der Waals surface area contributed by atoms with Crippen molar-refractivity contribution in [3.63, 3.8) is 0 Å². The molecular formula is C21H26N2O3. The van der Waals surface area contributed by atoms with Gasteiger partial charge in [0.1, 0.15) is 11.5 Å². The molecule has 1 amide bonds. The number of rotatable bonds is 1. The number of phenolic OH excluding ortho intramolecular Hbond substituents is 1. The molecule has 26 heavy (non-hydrogen) atoms. The number of aromatic hydroxyl groups is 1. The first kappa shape index (κ1) is 17.1. The van der Waals surface area contributed by atoms with Gasteiger partial charge in [0.05, 0.1) is 11.3 Å². The van der Waals surface area contributed by atoms with Crippen molar-refractivity contribution in [1.82, 2.24) is 10.3 Å². The van der Waals surface area contributed by atoms with Gasteiger partial charge in [-0.25, -0.2) is 4.98 Å². The van der Waals surface area contributed by atoms with Crippen LogP contribution in [0.15, 0.2) is 16.5 Å². The van der Waals surface area contributed by atoms with Gasteiger partial charge in [-0.3, -0.25) is 4.79 Å². The maximum Gasteiger partial charge on any atom is 0.254 e. The molecule has 2 aliphatic rings. The van der Waals surface area contributed by atoms with E-state index < -0.39 is 0 Å². The third-order valence-corrected chi connectivity index (χ3v) is 6.58. The Hall–Kier alpha value is -2.30. The summed E-state index contributed by atoms with van der Waals surface area (Å²) in [6, 6.07) is 3.67. The number of aryl methyl sites for hydroxylation is 2. The van der Waals surface area contributed by atoms with Crippen LogP contribution in [0.25, 0.3) is 0 Å². The number of aromatic nitrogens is 1. The van der Waals surface area contributed by atoms with Gasteiger partial charge in [0.2, 0.25) is 0 Å². The number of nitrogens with one attached hydrogen (secondary N) is 1. The molecule has 0 saturated heterocycles. The molecule has 5 heteroatoms. The van der Waals surface area contributed by atoms with Crippen LogP contribution in [0.4, 0.5) is 0 Å². The zero-order chi connectivity index (χ0) is 18.9. The van der Waals surface area contributed by atoms with Crippen LogP contribution in [0.1, 0.15) is 66.0 Å². The number of hydrogen-bond donors (Lipinski definition) is 2. The highest BCUT2D eigenvalue weighted by atomic mass is 16.4. The quantitative estimate of drug-likeness (QED) is 0.823. The number of amides is 1. The molecule has 2 aliphatic carbocycles. The molecule has 138 valence electrons. The Bertz CT molecular complexity index is 912. The van der Waals surface area contributed by atoms with Gasteiger partial charge in [0.15, 0.2) is 5.89 Å². The highest BCUT2D eigenvalue weighted by molar-refractivity contribution is 5.97. The van der Waals surface area contributed by atoms with Gasteiger partial charge in [-0.05, 0) is 42.0 Å². The standard InChI is InChI=1S/C21H26N2O3/c1-11-23-15-10-21(4)14-9-16(24)13(19(25)22-5)8-12(14)6-7-17(21)20(2,3)18(15)26-11/h8-9,17,24H,6-7,10H2,1-5H3,(H,22,25)/t17-,21+/m0/s1. The van der Waals surface area contributed by atoms with E-state index >= 15 is 0 Å². The van der Waals surface area contributed by atoms with Gasteiger partial charge in [-0.15, -0.1) is 0 Å². The van der Waals surface area contributed by atoms with Crippen LogP contribution in [0.3, 0.4) is 0 Å². The second-order valence-electron chi connectivity index (χ2n) is 8.52. The lowest BCUT2D eigenvalue weighted by Crippen LogP contribution is -2.51. The summed E-state index contributed by atoms with van der Waals surface area (Å²) in [4.78, 5) is 16.7. The van der Waals surface area contributed by atoms with Crippen molar-refractivity contribution < 1.29 is 14.3 Å². The summed E-state index contributed by atoms with van der Waals surface area (Å²) in [5, 5.41) is 13.1. The predicted octanol–water partition coefficient (Wildman–Crippen LogP) is 3.40. The minimum Gasteiger partial charge on any atom is -0.507 e. The SMILES string of the molecule is CNC(=O)c1cc2c(cc1O)[C@@]1(C)Cc3nc(C)oc3C(C)(C)[C@@H]1CC2. The molecule has 1 aromatic carbocycles. The summed E-state index contributed by atoms with van der Waals surface area (Å²) in [6.07, 6.45) is 2.71. The maximum absolute atomic E-state index is 12.1. The topological polar surface area (TPSA) is 75.4 Å². The second-order valence-corrected chi connectivity index (χ2v) is 8.52. The number of carbonyl (C=O) groups is 1. The number of benzene rings is 1. The lowest BCUT2D eigenvalue weighted by atomic mass is 9.51. The van der Waals surface area contributed by atoms with Crippen molar-refractivity contribution in [2.75, 3.05) is 7.05 Å². The van der Waals surface area contributed by atoms with E-state index in [-0.39, 0.29) is 22.5 Å². The largest absolute Gasteiger partial charge is 0.507 e. The van der Waals surface area contributed by atoms with Gasteiger partial charge in [0.25, 0.3) is 5.91 Å². The van der Waals surface area contributed by atoms with Crippen LogP contribution in [-0.2, 0) is 23.7 Å². The average Bonchev–Trinajstić information content (AvgIpc) is 2.95. The van der Waals surface area contributed by atoms with Gasteiger partial charge >= 0.3 is 0 Å². The Morgan fingerprint density at radius 3 is 2.77 bits per heavy atom. The minimum absolute atomic E-state index is 0.0462. The molecular weight excluding hydrogens is 328 g/mol. The first-order valence-corrected chi connectivity index (χ1v) is 9.23. The number of nitrogens with zero attached hydrogens (tertiary/aromatic N) is 1. The van der Waals surface area contributed by atoms with E-state index in [1.54, 1.807) is 13.1 Å². The molecule has 2 N–H and O–H groups in total. The van der Waals surface area contributed by atoms with E-state index in [1.807, 2.05) is 13.0 Å². The predicted molar refractivity (Wildman–Crippen MR) is 98.6 cm³/mol. The zero-order valence-electron chi connectivity index (χ0n) is 16.1. The van der Waals surface area contributed by atoms with Crippen LogP contribution in [0.5, 0.6) is 5.75 Å². The fraction of sp³-hybridized carbons (Fsp3) is 0.524. The summed E-state index contributed by atoms with van der Waals surface area (Å²) < 4.78 is 5.98. The van der Waals surface area contributed by atoms with Crippen LogP contribution < -0.4 is 5.32 Å². The van der Waals surface area contributed by atoms with E-state index in [0.717, 1.165) is 41.8 Å². The number of oxazole rings is 1. The summed E-state index contributed by atoms with van der Waals surface area (Å²) in [5.74, 6) is 1.89. The second kappa shape index (κ2) is 5.35. The van der Waals surface area contributed by atoms with Gasteiger partial charge in [-0.2, -0.15) is 0 Å². The summed E-state index contributed by atoms with van der Waals surface area (Å²) in [5.41, 5.74) is 3.39. The first-order valence-electron chi connectivity index (χ1n) is 9.23. The van der Waals surface area contributed by atoms with Gasteiger partial charge < -0.3 is 14.8 Å². The van der Waals surface area contributed by atoms with Crippen LogP contribution in [0.2, 0.25) is 0 Å². The third-order valence-electron chi connectivity index (χ3n) is 6.58. The van der Waals surface area contributed by atoms with E-state index in [1.165, 1.54) is 0 Å². The molecule has 0 bridgehead atoms. The Kier molecular flexibility index (Phi) is 3.52. The van der Waals surface area contributed by atoms with Crippen molar-refractivity contribution in [3.8, 4) is 5.75 Å². The Balaban J connectivity index is 1.89. The average molecular weight is 354 g/mol. The van der Waals surface area contributed by atoms with Crippen LogP contribution in [0, 0.1) is 12.8 Å². The molecule has 0 radical (unpaired) electrons. The minimum atomic E-state index is -0.254. The summed E-state index contributed by atoms with van der Waals surface area (Å²) in [6.45, 7) is 8.64. The summed E-state index contributed by atoms with van der Waals surface area (Å²) >= 11 is 0. The number of fused-ring (bicyclic) bond motifs is 4. The first-order chi connectivity index (χ1) is 12.2. The van der Waals surface area contributed by atoms with E-state index in [0.29, 0.717) is 17.4 Å². The molecule has 0 aliphatic heterocycles. The lowest BCUT2D eigenvalue weighted by Gasteiger charge is -2.52. The van der Waals surface area contributed by atoms with Gasteiger partial charge in [-0.1, -0.05) is 20.8 Å². The van der Waals surface area contributed by atoms with Crippen molar-refractivity contribution in [3.05, 3.63) is 46.2 Å². The fourth-order valence-electron chi connectivity index (χ4n) is 5.47. The smallest absolute Gasteiger partial charge is 0.254 e. The fourth-order valence-corrected chi connectivity index (χ4v) is 5.47. The van der Waals surface area contributed by atoms with E-state index in [4.69, 9.17) is 4.42 Å². The van der Waals surface area contributed by atoms with Crippen molar-refractivity contribution in [2.45, 2.75) is 57.8 Å². The van der Waals surface area contributed by atoms with Crippen LogP contribution in [-0.4, -0.2) is 23.0 Å². The Labute approximate surface area is 153 Å². The third kappa shape index (κ3) is 2.15. The molecule has 0 spiro atoms. The highest BCUT2D eigenvalue weighted by Crippen LogP contribution is 2.56. The molecule has 0 saturated carbocycles. The summed E-state index contributed by atoms with van der Waals surface area (Å²) in [7, 11) is 1.58. The number of carbonyl (C=O) groups excluding carboxylic acids is 1. The van der Waals surface area contributed by atoms with Crippen LogP contribution >= 0.6 is 0 Å². The van der Waals surface area contributed by atoms with E-state index in [2.05, 4.69) is 31.1 Å². The normalized spacial score (nSPS) is 25.8. The molecule has 1 aromatic heterocycles. The van der Waals surface area contributed by atoms with Crippen molar-refractivity contribution in [1.29, 1.82) is 0 Å². The lowest BCUT2D eigenvalue weighted by molar-refractivity contribution is 0.0958. The number of phenols is 1. The molecule has 1 heterocycles. The molecule has 2 aromatic rings. The van der Waals surface area contributed by atoms with E-state index in [9.17, 15) is 9.90 Å². The van der Waals surface area contributed by atoms with Gasteiger partial charge in [0, 0.05) is 31.2 Å². The molecule has 2 atom stereocenters. The van der Waals surface area contributed by atoms with Crippen molar-refractivity contribution in [2.24, 2.45) is 5.92 Å². The maximum atomic E-state index is 12.1. The Morgan fingerprint density at radius 2 is 2.08 bits per heavy atom. The number of hydrogen-bond acceptors (Lipinski definition) is 4.